The number of hydrogen-bond acceptors (Lipinski definition) is 6. The summed E-state index contributed by atoms with van der Waals surface area (Å²) in [4.78, 5) is 6.62. The van der Waals surface area contributed by atoms with E-state index in [9.17, 15) is 0 Å². The SMILES string of the molecule is Cn1cc(C(N)c2nc(N3CCCCCC3)no2)cn1. The van der Waals surface area contributed by atoms with Crippen LogP contribution in [0.5, 0.6) is 0 Å². The quantitative estimate of drug-likeness (QED) is 0.907. The predicted octanol–water partition coefficient (Wildman–Crippen LogP) is 1.23. The lowest BCUT2D eigenvalue weighted by atomic mass is 10.2. The fourth-order valence-corrected chi connectivity index (χ4v) is 2.50. The number of nitrogens with zero attached hydrogens (tertiary/aromatic N) is 5. The van der Waals surface area contributed by atoms with Crippen LogP contribution in [0.1, 0.15) is 43.2 Å². The van der Waals surface area contributed by atoms with Crippen LogP contribution in [-0.2, 0) is 7.05 Å². The minimum absolute atomic E-state index is 0.420. The number of anilines is 1. The highest BCUT2D eigenvalue weighted by Gasteiger charge is 2.21. The van der Waals surface area contributed by atoms with Gasteiger partial charge in [0.1, 0.15) is 6.04 Å². The maximum absolute atomic E-state index is 6.14. The molecule has 7 nitrogen and oxygen atoms in total. The van der Waals surface area contributed by atoms with Crippen molar-refractivity contribution in [2.45, 2.75) is 31.7 Å². The first-order valence-corrected chi connectivity index (χ1v) is 7.07. The van der Waals surface area contributed by atoms with E-state index in [1.165, 1.54) is 25.7 Å². The molecule has 1 saturated heterocycles. The van der Waals surface area contributed by atoms with E-state index in [2.05, 4.69) is 20.1 Å². The van der Waals surface area contributed by atoms with Gasteiger partial charge in [0.25, 0.3) is 5.95 Å². The lowest BCUT2D eigenvalue weighted by Crippen LogP contribution is -2.25. The molecule has 1 unspecified atom stereocenters. The van der Waals surface area contributed by atoms with E-state index in [0.29, 0.717) is 11.8 Å². The summed E-state index contributed by atoms with van der Waals surface area (Å²) >= 11 is 0. The highest BCUT2D eigenvalue weighted by Crippen LogP contribution is 2.21. The summed E-state index contributed by atoms with van der Waals surface area (Å²) in [5.74, 6) is 1.10. The standard InChI is InChI=1S/C13H20N6O/c1-18-9-10(8-15-18)11(14)12-16-13(17-20-12)19-6-4-2-3-5-7-19/h8-9,11H,2-7,14H2,1H3. The number of nitrogens with two attached hydrogens (primary N) is 1. The maximum atomic E-state index is 6.14. The van der Waals surface area contributed by atoms with Gasteiger partial charge in [0.05, 0.1) is 6.20 Å². The van der Waals surface area contributed by atoms with Crippen molar-refractivity contribution in [3.8, 4) is 0 Å². The third-order valence-corrected chi connectivity index (χ3v) is 3.67. The minimum atomic E-state index is -0.420. The van der Waals surface area contributed by atoms with Gasteiger partial charge in [-0.3, -0.25) is 4.68 Å². The number of aromatic nitrogens is 4. The van der Waals surface area contributed by atoms with Crippen LogP contribution in [0.2, 0.25) is 0 Å². The van der Waals surface area contributed by atoms with Crippen molar-refractivity contribution in [1.29, 1.82) is 0 Å². The summed E-state index contributed by atoms with van der Waals surface area (Å²) in [6.07, 6.45) is 8.49. The smallest absolute Gasteiger partial charge is 0.266 e. The molecule has 0 amide bonds. The second kappa shape index (κ2) is 5.62. The average Bonchev–Trinajstić information content (AvgIpc) is 3.01. The first kappa shape index (κ1) is 13.1. The lowest BCUT2D eigenvalue weighted by molar-refractivity contribution is 0.366. The molecule has 2 aromatic heterocycles. The molecule has 0 saturated carbocycles. The van der Waals surface area contributed by atoms with Crippen LogP contribution in [-0.4, -0.2) is 33.0 Å². The average molecular weight is 276 g/mol. The van der Waals surface area contributed by atoms with Gasteiger partial charge >= 0.3 is 0 Å². The van der Waals surface area contributed by atoms with Gasteiger partial charge < -0.3 is 15.2 Å². The Bertz CT molecular complexity index is 555. The Balaban J connectivity index is 1.75. The third-order valence-electron chi connectivity index (χ3n) is 3.67. The van der Waals surface area contributed by atoms with Gasteiger partial charge in [-0.15, -0.1) is 0 Å². The number of hydrogen-bond donors (Lipinski definition) is 1. The highest BCUT2D eigenvalue weighted by molar-refractivity contribution is 5.29. The van der Waals surface area contributed by atoms with Crippen molar-refractivity contribution in [2.24, 2.45) is 12.8 Å². The van der Waals surface area contributed by atoms with E-state index in [1.54, 1.807) is 10.9 Å². The molecule has 108 valence electrons. The van der Waals surface area contributed by atoms with Gasteiger partial charge in [-0.05, 0) is 18.0 Å². The second-order valence-electron chi connectivity index (χ2n) is 5.26. The Hall–Kier alpha value is -1.89. The van der Waals surface area contributed by atoms with Gasteiger partial charge in [0.15, 0.2) is 0 Å². The van der Waals surface area contributed by atoms with Crippen LogP contribution in [0.4, 0.5) is 5.95 Å². The third kappa shape index (κ3) is 2.67. The Morgan fingerprint density at radius 2 is 2.00 bits per heavy atom. The van der Waals surface area contributed by atoms with Crippen molar-refractivity contribution in [1.82, 2.24) is 19.9 Å². The molecule has 2 N–H and O–H groups in total. The second-order valence-corrected chi connectivity index (χ2v) is 5.26. The largest absolute Gasteiger partial charge is 0.338 e. The summed E-state index contributed by atoms with van der Waals surface area (Å²) in [5.41, 5.74) is 7.01. The lowest BCUT2D eigenvalue weighted by Gasteiger charge is -2.16. The van der Waals surface area contributed by atoms with Crippen molar-refractivity contribution >= 4 is 5.95 Å². The minimum Gasteiger partial charge on any atom is -0.338 e. The normalized spacial score (nSPS) is 18.0. The van der Waals surface area contributed by atoms with Crippen molar-refractivity contribution in [3.05, 3.63) is 23.8 Å². The van der Waals surface area contributed by atoms with E-state index in [0.717, 1.165) is 18.7 Å². The molecule has 0 bridgehead atoms. The van der Waals surface area contributed by atoms with Gasteiger partial charge in [-0.25, -0.2) is 0 Å². The van der Waals surface area contributed by atoms with E-state index >= 15 is 0 Å². The van der Waals surface area contributed by atoms with Gasteiger partial charge in [0.2, 0.25) is 5.89 Å². The molecular weight excluding hydrogens is 256 g/mol. The maximum Gasteiger partial charge on any atom is 0.266 e. The molecule has 3 rings (SSSR count). The molecular formula is C13H20N6O. The van der Waals surface area contributed by atoms with E-state index in [4.69, 9.17) is 10.3 Å². The van der Waals surface area contributed by atoms with Crippen molar-refractivity contribution in [2.75, 3.05) is 18.0 Å². The fraction of sp³-hybridized carbons (Fsp3) is 0.615. The molecule has 0 spiro atoms. The Kier molecular flexibility index (Phi) is 3.68. The molecule has 1 fully saturated rings. The highest BCUT2D eigenvalue weighted by atomic mass is 16.5. The van der Waals surface area contributed by atoms with Gasteiger partial charge in [-0.1, -0.05) is 12.8 Å². The number of rotatable bonds is 3. The van der Waals surface area contributed by atoms with Crippen LogP contribution in [0.25, 0.3) is 0 Å². The molecule has 3 heterocycles. The topological polar surface area (TPSA) is 86.0 Å². The molecule has 20 heavy (non-hydrogen) atoms. The molecule has 0 aliphatic carbocycles. The molecule has 0 aromatic carbocycles. The first-order chi connectivity index (χ1) is 9.74. The molecule has 1 aliphatic heterocycles. The Morgan fingerprint density at radius 1 is 1.25 bits per heavy atom. The predicted molar refractivity (Wildman–Crippen MR) is 74.2 cm³/mol. The molecule has 1 atom stereocenters. The Morgan fingerprint density at radius 3 is 2.65 bits per heavy atom. The zero-order chi connectivity index (χ0) is 13.9. The summed E-state index contributed by atoms with van der Waals surface area (Å²) in [5, 5.41) is 8.18. The summed E-state index contributed by atoms with van der Waals surface area (Å²) < 4.78 is 7.03. The summed E-state index contributed by atoms with van der Waals surface area (Å²) in [6.45, 7) is 1.97. The zero-order valence-corrected chi connectivity index (χ0v) is 11.7. The molecule has 7 heteroatoms. The summed E-state index contributed by atoms with van der Waals surface area (Å²) in [6, 6.07) is -0.420. The fourth-order valence-electron chi connectivity index (χ4n) is 2.50. The van der Waals surface area contributed by atoms with Crippen molar-refractivity contribution < 1.29 is 4.52 Å². The summed E-state index contributed by atoms with van der Waals surface area (Å²) in [7, 11) is 1.85. The van der Waals surface area contributed by atoms with Crippen LogP contribution in [0.3, 0.4) is 0 Å². The zero-order valence-electron chi connectivity index (χ0n) is 11.7. The molecule has 1 aliphatic rings. The van der Waals surface area contributed by atoms with E-state index in [1.807, 2.05) is 13.2 Å². The monoisotopic (exact) mass is 276 g/mol. The van der Waals surface area contributed by atoms with Crippen LogP contribution < -0.4 is 10.6 Å². The van der Waals surface area contributed by atoms with Gasteiger partial charge in [-0.2, -0.15) is 10.1 Å². The van der Waals surface area contributed by atoms with E-state index < -0.39 is 6.04 Å². The van der Waals surface area contributed by atoms with Crippen molar-refractivity contribution in [3.63, 3.8) is 0 Å². The van der Waals surface area contributed by atoms with Crippen LogP contribution in [0.15, 0.2) is 16.9 Å². The Labute approximate surface area is 117 Å². The number of aryl methyl sites for hydroxylation is 1. The molecule has 0 radical (unpaired) electrons. The molecule has 2 aromatic rings. The first-order valence-electron chi connectivity index (χ1n) is 7.07. The van der Waals surface area contributed by atoms with E-state index in [-0.39, 0.29) is 0 Å². The van der Waals surface area contributed by atoms with Crippen LogP contribution in [0, 0.1) is 0 Å². The van der Waals surface area contributed by atoms with Crippen LogP contribution >= 0.6 is 0 Å². The van der Waals surface area contributed by atoms with Gasteiger partial charge in [0, 0.05) is 31.9 Å².